The van der Waals surface area contributed by atoms with Gasteiger partial charge in [-0.05, 0) is 61.6 Å². The van der Waals surface area contributed by atoms with Crippen molar-refractivity contribution in [1.29, 1.82) is 0 Å². The second kappa shape index (κ2) is 9.72. The normalized spacial score (nSPS) is 22.3. The molecule has 5 rings (SSSR count). The molecule has 2 saturated carbocycles. The number of esters is 1. The minimum Gasteiger partial charge on any atom is -0.469 e. The molecule has 2 aromatic rings. The summed E-state index contributed by atoms with van der Waals surface area (Å²) >= 11 is 0. The number of rotatable bonds is 7. The summed E-state index contributed by atoms with van der Waals surface area (Å²) in [5, 5.41) is 0. The number of alkyl halides is 3. The number of benzene rings is 2. The number of hydrogen-bond donors (Lipinski definition) is 0. The summed E-state index contributed by atoms with van der Waals surface area (Å²) in [6.45, 7) is 0. The third kappa shape index (κ3) is 5.01. The Morgan fingerprint density at radius 3 is 2.27 bits per heavy atom. The van der Waals surface area contributed by atoms with Crippen LogP contribution in [0.5, 0.6) is 5.75 Å². The van der Waals surface area contributed by atoms with Crippen molar-refractivity contribution in [2.24, 2.45) is 5.92 Å². The van der Waals surface area contributed by atoms with E-state index in [0.717, 1.165) is 43.4 Å². The molecular weight excluding hydrogens is 489 g/mol. The van der Waals surface area contributed by atoms with Gasteiger partial charge in [-0.3, -0.25) is 14.4 Å². The number of carbonyl (C=O) groups excluding carboxylic acids is 3. The highest BCUT2D eigenvalue weighted by Crippen LogP contribution is 2.54. The summed E-state index contributed by atoms with van der Waals surface area (Å²) in [7, 11) is 1.30. The zero-order chi connectivity index (χ0) is 26.3. The molecule has 2 aliphatic carbocycles. The fraction of sp³-hybridized carbons (Fsp3) is 0.444. The van der Waals surface area contributed by atoms with Gasteiger partial charge in [-0.2, -0.15) is 0 Å². The highest BCUT2D eigenvalue weighted by Gasteiger charge is 2.53. The molecule has 10 heteroatoms. The number of ether oxygens (including phenoxy) is 2. The number of nitrogens with zero attached hydrogens (tertiary/aromatic N) is 2. The van der Waals surface area contributed by atoms with Gasteiger partial charge in [0.2, 0.25) is 5.91 Å². The second-order valence-corrected chi connectivity index (χ2v) is 9.67. The summed E-state index contributed by atoms with van der Waals surface area (Å²) in [4.78, 5) is 42.3. The molecule has 0 saturated heterocycles. The summed E-state index contributed by atoms with van der Waals surface area (Å²) in [5.74, 6) is -1.21. The van der Waals surface area contributed by atoms with E-state index in [9.17, 15) is 27.6 Å². The first-order valence-electron chi connectivity index (χ1n) is 12.3. The van der Waals surface area contributed by atoms with Gasteiger partial charge in [0.25, 0.3) is 5.91 Å². The number of halogens is 3. The van der Waals surface area contributed by atoms with Crippen molar-refractivity contribution in [2.75, 3.05) is 12.0 Å². The average Bonchev–Trinajstić information content (AvgIpc) is 3.68. The maximum atomic E-state index is 13.6. The third-order valence-electron chi connectivity index (χ3n) is 7.39. The highest BCUT2D eigenvalue weighted by molar-refractivity contribution is 6.07. The Morgan fingerprint density at radius 1 is 0.973 bits per heavy atom. The molecule has 7 nitrogen and oxygen atoms in total. The maximum Gasteiger partial charge on any atom is 0.573 e. The summed E-state index contributed by atoms with van der Waals surface area (Å²) in [6, 6.07) is 12.2. The molecule has 3 atom stereocenters. The fourth-order valence-electron chi connectivity index (χ4n) is 5.50. The van der Waals surface area contributed by atoms with Gasteiger partial charge in [0.15, 0.2) is 0 Å². The van der Waals surface area contributed by atoms with Crippen LogP contribution in [0.15, 0.2) is 48.5 Å². The summed E-state index contributed by atoms with van der Waals surface area (Å²) < 4.78 is 46.2. The summed E-state index contributed by atoms with van der Waals surface area (Å²) in [5.41, 5.74) is 1.81. The molecule has 2 aromatic carbocycles. The first-order valence-corrected chi connectivity index (χ1v) is 12.3. The van der Waals surface area contributed by atoms with E-state index in [1.807, 2.05) is 29.2 Å². The van der Waals surface area contributed by atoms with E-state index in [1.165, 1.54) is 19.2 Å². The molecule has 2 amide bonds. The van der Waals surface area contributed by atoms with Crippen LogP contribution in [0, 0.1) is 5.92 Å². The van der Waals surface area contributed by atoms with Gasteiger partial charge in [-0.15, -0.1) is 13.2 Å². The zero-order valence-corrected chi connectivity index (χ0v) is 20.2. The van der Waals surface area contributed by atoms with Crippen LogP contribution in [0.3, 0.4) is 0 Å². The first-order chi connectivity index (χ1) is 17.7. The topological polar surface area (TPSA) is 76.2 Å². The van der Waals surface area contributed by atoms with Crippen molar-refractivity contribution < 1.29 is 37.0 Å². The molecule has 196 valence electrons. The molecule has 3 aliphatic rings. The molecule has 0 N–H and O–H groups in total. The number of carbonyl (C=O) groups is 3. The van der Waals surface area contributed by atoms with Crippen molar-refractivity contribution in [3.8, 4) is 5.75 Å². The van der Waals surface area contributed by atoms with Crippen LogP contribution in [0.4, 0.5) is 18.9 Å². The largest absolute Gasteiger partial charge is 0.573 e. The van der Waals surface area contributed by atoms with E-state index >= 15 is 0 Å². The van der Waals surface area contributed by atoms with Crippen molar-refractivity contribution in [2.45, 2.75) is 63.0 Å². The molecule has 0 spiro atoms. The predicted molar refractivity (Wildman–Crippen MR) is 127 cm³/mol. The van der Waals surface area contributed by atoms with Crippen LogP contribution in [-0.4, -0.2) is 48.2 Å². The van der Waals surface area contributed by atoms with Gasteiger partial charge in [0.1, 0.15) is 5.75 Å². The number of para-hydroxylation sites is 1. The van der Waals surface area contributed by atoms with Crippen molar-refractivity contribution >= 4 is 23.5 Å². The quantitative estimate of drug-likeness (QED) is 0.484. The van der Waals surface area contributed by atoms with Crippen molar-refractivity contribution in [3.63, 3.8) is 0 Å². The van der Waals surface area contributed by atoms with Gasteiger partial charge in [0.05, 0.1) is 19.6 Å². The monoisotopic (exact) mass is 516 g/mol. The predicted octanol–water partition coefficient (Wildman–Crippen LogP) is 5.01. The molecule has 1 aliphatic heterocycles. The smallest absolute Gasteiger partial charge is 0.469 e. The molecule has 2 fully saturated rings. The number of anilines is 1. The highest BCUT2D eigenvalue weighted by atomic mass is 19.4. The maximum absolute atomic E-state index is 13.6. The lowest BCUT2D eigenvalue weighted by Crippen LogP contribution is -2.59. The number of methoxy groups -OCH3 is 1. The minimum absolute atomic E-state index is 0.0136. The third-order valence-corrected chi connectivity index (χ3v) is 7.39. The van der Waals surface area contributed by atoms with Gasteiger partial charge < -0.3 is 19.3 Å². The van der Waals surface area contributed by atoms with E-state index in [2.05, 4.69) is 4.74 Å². The Kier molecular flexibility index (Phi) is 6.59. The Labute approximate surface area is 212 Å². The van der Waals surface area contributed by atoms with E-state index < -0.39 is 18.1 Å². The first kappa shape index (κ1) is 25.1. The van der Waals surface area contributed by atoms with E-state index in [4.69, 9.17) is 4.74 Å². The molecule has 0 aromatic heterocycles. The van der Waals surface area contributed by atoms with Gasteiger partial charge >= 0.3 is 12.3 Å². The minimum atomic E-state index is -4.81. The molecule has 37 heavy (non-hydrogen) atoms. The van der Waals surface area contributed by atoms with Crippen LogP contribution in [0.25, 0.3) is 0 Å². The van der Waals surface area contributed by atoms with Crippen LogP contribution in [0.2, 0.25) is 0 Å². The Balaban J connectivity index is 1.44. The van der Waals surface area contributed by atoms with Crippen molar-refractivity contribution in [1.82, 2.24) is 4.90 Å². The Bertz CT molecular complexity index is 1200. The lowest BCUT2D eigenvalue weighted by molar-refractivity contribution is -0.274. The lowest BCUT2D eigenvalue weighted by atomic mass is 9.67. The lowest BCUT2D eigenvalue weighted by Gasteiger charge is -2.55. The molecular formula is C27H27F3N2O5. The molecule has 0 bridgehead atoms. The van der Waals surface area contributed by atoms with Gasteiger partial charge in [0, 0.05) is 35.7 Å². The molecule has 3 unspecified atom stereocenters. The van der Waals surface area contributed by atoms with Gasteiger partial charge in [-0.25, -0.2) is 0 Å². The van der Waals surface area contributed by atoms with E-state index in [0.29, 0.717) is 5.69 Å². The van der Waals surface area contributed by atoms with Crippen LogP contribution in [0.1, 0.15) is 60.5 Å². The SMILES string of the molecule is COC(=O)CCC(=O)N(C1CC1)C1c2ccccc2N(C(=O)c2ccc(OC(F)(F)F)cc2)C2CCC21. The average molecular weight is 517 g/mol. The Morgan fingerprint density at radius 2 is 1.68 bits per heavy atom. The fourth-order valence-corrected chi connectivity index (χ4v) is 5.50. The molecule has 0 radical (unpaired) electrons. The number of amides is 2. The van der Waals surface area contributed by atoms with Gasteiger partial charge in [-0.1, -0.05) is 18.2 Å². The molecule has 1 heterocycles. The Hall–Kier alpha value is -3.56. The summed E-state index contributed by atoms with van der Waals surface area (Å²) in [6.07, 6.45) is -1.35. The number of fused-ring (bicyclic) bond motifs is 2. The van der Waals surface area contributed by atoms with Crippen LogP contribution >= 0.6 is 0 Å². The number of hydrogen-bond acceptors (Lipinski definition) is 5. The van der Waals surface area contributed by atoms with E-state index in [1.54, 1.807) is 4.90 Å². The standard InChI is InChI=1S/C27H27F3N2O5/c1-36-24(34)15-14-23(33)31(17-8-9-17)25-19-4-2-3-5-21(19)32(22-13-12-20(22)25)26(35)16-6-10-18(11-7-16)37-27(28,29)30/h2-7,10-11,17,20,22,25H,8-9,12-15H2,1H3. The van der Waals surface area contributed by atoms with Crippen LogP contribution in [-0.2, 0) is 14.3 Å². The van der Waals surface area contributed by atoms with Crippen LogP contribution < -0.4 is 9.64 Å². The zero-order valence-electron chi connectivity index (χ0n) is 20.2. The second-order valence-electron chi connectivity index (χ2n) is 9.67. The van der Waals surface area contributed by atoms with Crippen molar-refractivity contribution in [3.05, 3.63) is 59.7 Å². The van der Waals surface area contributed by atoms with E-state index in [-0.39, 0.29) is 54.3 Å².